The van der Waals surface area contributed by atoms with E-state index in [9.17, 15) is 9.90 Å². The summed E-state index contributed by atoms with van der Waals surface area (Å²) in [7, 11) is 0. The zero-order chi connectivity index (χ0) is 16.8. The molecule has 0 bridgehead atoms. The Balaban J connectivity index is 1.55. The molecule has 126 valence electrons. The monoisotopic (exact) mass is 328 g/mol. The third kappa shape index (κ3) is 4.23. The normalized spacial score (nSPS) is 20.0. The van der Waals surface area contributed by atoms with E-state index in [1.54, 1.807) is 18.3 Å². The second-order valence-corrected chi connectivity index (χ2v) is 5.71. The van der Waals surface area contributed by atoms with Crippen molar-refractivity contribution in [3.63, 3.8) is 0 Å². The summed E-state index contributed by atoms with van der Waals surface area (Å²) in [4.78, 5) is 17.9. The van der Waals surface area contributed by atoms with Gasteiger partial charge in [0.15, 0.2) is 0 Å². The molecule has 0 spiro atoms. The Morgan fingerprint density at radius 2 is 2.00 bits per heavy atom. The number of hydrogen-bond acceptors (Lipinski definition) is 5. The zero-order valence-corrected chi connectivity index (χ0v) is 13.2. The number of aliphatic hydroxyl groups excluding tert-OH is 1. The number of nitrogens with zero attached hydrogens (tertiary/aromatic N) is 2. The number of aliphatic hydroxyl groups is 1. The molecule has 1 N–H and O–H groups in total. The van der Waals surface area contributed by atoms with Crippen LogP contribution in [0.1, 0.15) is 12.0 Å². The van der Waals surface area contributed by atoms with E-state index in [2.05, 4.69) is 4.98 Å². The summed E-state index contributed by atoms with van der Waals surface area (Å²) in [5, 5.41) is 9.88. The lowest BCUT2D eigenvalue weighted by Gasteiger charge is -2.23. The second kappa shape index (κ2) is 7.79. The summed E-state index contributed by atoms with van der Waals surface area (Å²) >= 11 is 0. The highest BCUT2D eigenvalue weighted by atomic mass is 16.6. The zero-order valence-electron chi connectivity index (χ0n) is 13.2. The van der Waals surface area contributed by atoms with Gasteiger partial charge >= 0.3 is 6.09 Å². The molecule has 1 amide bonds. The van der Waals surface area contributed by atoms with Gasteiger partial charge in [-0.25, -0.2) is 9.78 Å². The van der Waals surface area contributed by atoms with Crippen LogP contribution in [0, 0.1) is 0 Å². The smallest absolute Gasteiger partial charge is 0.410 e. The topological polar surface area (TPSA) is 71.9 Å². The summed E-state index contributed by atoms with van der Waals surface area (Å²) in [5.74, 6) is 0.497. The van der Waals surface area contributed by atoms with Gasteiger partial charge in [-0.1, -0.05) is 36.4 Å². The second-order valence-electron chi connectivity index (χ2n) is 5.71. The Hall–Kier alpha value is -2.60. The van der Waals surface area contributed by atoms with E-state index < -0.39 is 12.2 Å². The fourth-order valence-corrected chi connectivity index (χ4v) is 2.69. The standard InChI is InChI=1S/C18H20N2O4/c21-16-10-15(13-23-17-8-4-5-9-19-17)20(11-16)18(22)24-12-14-6-2-1-3-7-14/h1-9,15-16,21H,10-13H2/t15-,16+/m0/s1. The average Bonchev–Trinajstić information content (AvgIpc) is 3.00. The highest BCUT2D eigenvalue weighted by molar-refractivity contribution is 5.68. The van der Waals surface area contributed by atoms with Gasteiger partial charge in [-0.3, -0.25) is 4.90 Å². The van der Waals surface area contributed by atoms with E-state index in [4.69, 9.17) is 9.47 Å². The molecule has 0 unspecified atom stereocenters. The number of likely N-dealkylation sites (tertiary alicyclic amines) is 1. The number of amides is 1. The Kier molecular flexibility index (Phi) is 5.28. The van der Waals surface area contributed by atoms with Crippen molar-refractivity contribution in [1.82, 2.24) is 9.88 Å². The number of carbonyl (C=O) groups excluding carboxylic acids is 1. The summed E-state index contributed by atoms with van der Waals surface area (Å²) < 4.78 is 11.0. The third-order valence-electron chi connectivity index (χ3n) is 3.89. The molecule has 1 fully saturated rings. The number of ether oxygens (including phenoxy) is 2. The van der Waals surface area contributed by atoms with E-state index in [0.29, 0.717) is 12.3 Å². The van der Waals surface area contributed by atoms with Gasteiger partial charge in [-0.15, -0.1) is 0 Å². The van der Waals surface area contributed by atoms with Crippen LogP contribution in [-0.2, 0) is 11.3 Å². The van der Waals surface area contributed by atoms with Crippen LogP contribution >= 0.6 is 0 Å². The van der Waals surface area contributed by atoms with Crippen molar-refractivity contribution in [2.45, 2.75) is 25.2 Å². The molecular weight excluding hydrogens is 308 g/mol. The van der Waals surface area contributed by atoms with Gasteiger partial charge in [-0.2, -0.15) is 0 Å². The van der Waals surface area contributed by atoms with Crippen LogP contribution < -0.4 is 4.74 Å². The lowest BCUT2D eigenvalue weighted by molar-refractivity contribution is 0.0792. The maximum atomic E-state index is 12.3. The highest BCUT2D eigenvalue weighted by Crippen LogP contribution is 2.20. The highest BCUT2D eigenvalue weighted by Gasteiger charge is 2.35. The minimum atomic E-state index is -0.563. The van der Waals surface area contributed by atoms with Gasteiger partial charge in [0.25, 0.3) is 0 Å². The lowest BCUT2D eigenvalue weighted by Crippen LogP contribution is -2.39. The molecule has 3 rings (SSSR count). The fraction of sp³-hybridized carbons (Fsp3) is 0.333. The summed E-state index contributed by atoms with van der Waals surface area (Å²) in [6.07, 6.45) is 1.11. The van der Waals surface area contributed by atoms with Gasteiger partial charge in [0, 0.05) is 12.3 Å². The SMILES string of the molecule is O=C(OCc1ccccc1)N1C[C@H](O)C[C@H]1COc1ccccn1. The van der Waals surface area contributed by atoms with Gasteiger partial charge in [0.1, 0.15) is 13.2 Å². The molecule has 6 heteroatoms. The number of β-amino-alcohol motifs (C(OH)–C–C–N with tert-alkyl or cyclic N) is 1. The van der Waals surface area contributed by atoms with E-state index in [1.807, 2.05) is 36.4 Å². The molecule has 1 aromatic carbocycles. The van der Waals surface area contributed by atoms with Crippen LogP contribution in [0.3, 0.4) is 0 Å². The predicted molar refractivity (Wildman–Crippen MR) is 87.5 cm³/mol. The van der Waals surface area contributed by atoms with Crippen LogP contribution in [0.15, 0.2) is 54.7 Å². The van der Waals surface area contributed by atoms with Crippen LogP contribution in [0.5, 0.6) is 5.88 Å². The van der Waals surface area contributed by atoms with Gasteiger partial charge < -0.3 is 14.6 Å². The molecular formula is C18H20N2O4. The van der Waals surface area contributed by atoms with Crippen molar-refractivity contribution in [2.75, 3.05) is 13.2 Å². The van der Waals surface area contributed by atoms with E-state index in [1.165, 1.54) is 4.90 Å². The number of carbonyl (C=O) groups is 1. The average molecular weight is 328 g/mol. The van der Waals surface area contributed by atoms with Crippen molar-refractivity contribution < 1.29 is 19.4 Å². The third-order valence-corrected chi connectivity index (χ3v) is 3.89. The van der Waals surface area contributed by atoms with Crippen LogP contribution in [0.4, 0.5) is 4.79 Å². The van der Waals surface area contributed by atoms with Crippen LogP contribution in [0.25, 0.3) is 0 Å². The maximum Gasteiger partial charge on any atom is 0.410 e. The summed E-state index contributed by atoms with van der Waals surface area (Å²) in [6, 6.07) is 14.7. The van der Waals surface area contributed by atoms with Gasteiger partial charge in [0.2, 0.25) is 5.88 Å². The van der Waals surface area contributed by atoms with Gasteiger partial charge in [-0.05, 0) is 18.1 Å². The molecule has 2 aromatic rings. The first-order valence-electron chi connectivity index (χ1n) is 7.91. The molecule has 24 heavy (non-hydrogen) atoms. The van der Waals surface area contributed by atoms with Crippen molar-refractivity contribution in [3.8, 4) is 5.88 Å². The molecule has 2 heterocycles. The first-order chi connectivity index (χ1) is 11.7. The fourth-order valence-electron chi connectivity index (χ4n) is 2.69. The molecule has 0 aliphatic carbocycles. The largest absolute Gasteiger partial charge is 0.475 e. The first-order valence-corrected chi connectivity index (χ1v) is 7.91. The number of hydrogen-bond donors (Lipinski definition) is 1. The Bertz CT molecular complexity index is 651. The van der Waals surface area contributed by atoms with Crippen molar-refractivity contribution in [2.24, 2.45) is 0 Å². The Morgan fingerprint density at radius 3 is 2.75 bits per heavy atom. The van der Waals surface area contributed by atoms with E-state index in [0.717, 1.165) is 5.56 Å². The minimum Gasteiger partial charge on any atom is -0.475 e. The quantitative estimate of drug-likeness (QED) is 0.911. The maximum absolute atomic E-state index is 12.3. The Labute approximate surface area is 140 Å². The summed E-state index contributed by atoms with van der Waals surface area (Å²) in [5.41, 5.74) is 0.923. The van der Waals surface area contributed by atoms with Crippen LogP contribution in [-0.4, -0.2) is 46.4 Å². The molecule has 1 saturated heterocycles. The molecule has 6 nitrogen and oxygen atoms in total. The van der Waals surface area contributed by atoms with Crippen molar-refractivity contribution in [3.05, 3.63) is 60.3 Å². The van der Waals surface area contributed by atoms with Crippen molar-refractivity contribution in [1.29, 1.82) is 0 Å². The lowest BCUT2D eigenvalue weighted by atomic mass is 10.2. The molecule has 1 aliphatic heterocycles. The number of pyridine rings is 1. The first kappa shape index (κ1) is 16.3. The van der Waals surface area contributed by atoms with Crippen molar-refractivity contribution >= 4 is 6.09 Å². The number of benzene rings is 1. The molecule has 1 aliphatic rings. The van der Waals surface area contributed by atoms with E-state index >= 15 is 0 Å². The number of rotatable bonds is 5. The number of aromatic nitrogens is 1. The molecule has 0 radical (unpaired) electrons. The molecule has 0 saturated carbocycles. The minimum absolute atomic E-state index is 0.208. The van der Waals surface area contributed by atoms with E-state index in [-0.39, 0.29) is 25.8 Å². The molecule has 1 aromatic heterocycles. The Morgan fingerprint density at radius 1 is 1.21 bits per heavy atom. The van der Waals surface area contributed by atoms with Gasteiger partial charge in [0.05, 0.1) is 18.7 Å². The molecule has 2 atom stereocenters. The predicted octanol–water partition coefficient (Wildman–Crippen LogP) is 2.23. The summed E-state index contributed by atoms with van der Waals surface area (Å²) in [6.45, 7) is 0.735. The van der Waals surface area contributed by atoms with Crippen LogP contribution in [0.2, 0.25) is 0 Å².